The highest BCUT2D eigenvalue weighted by Gasteiger charge is 2.36. The molecule has 4 rings (SSSR count). The number of carbonyl (C=O) groups is 2. The Balaban J connectivity index is 1.95. The number of aryl methyl sites for hydroxylation is 2. The van der Waals surface area contributed by atoms with Gasteiger partial charge >= 0.3 is 0 Å². The molecule has 0 saturated heterocycles. The Morgan fingerprint density at radius 2 is 1.50 bits per heavy atom. The number of benzene rings is 2. The molecule has 0 N–H and O–H groups in total. The van der Waals surface area contributed by atoms with Crippen molar-refractivity contribution in [3.8, 4) is 0 Å². The lowest BCUT2D eigenvalue weighted by atomic mass is 9.92. The quantitative estimate of drug-likeness (QED) is 0.472. The number of imide groups is 1. The Hall–Kier alpha value is -2.98. The summed E-state index contributed by atoms with van der Waals surface area (Å²) < 4.78 is 0. The number of para-hydroxylation sites is 1. The van der Waals surface area contributed by atoms with Gasteiger partial charge in [-0.2, -0.15) is 0 Å². The van der Waals surface area contributed by atoms with E-state index in [-0.39, 0.29) is 11.8 Å². The number of thiophene rings is 1. The summed E-state index contributed by atoms with van der Waals surface area (Å²) in [6.07, 6.45) is 1.90. The molecule has 0 bridgehead atoms. The van der Waals surface area contributed by atoms with Gasteiger partial charge in [0, 0.05) is 21.6 Å². The highest BCUT2D eigenvalue weighted by Crippen LogP contribution is 2.35. The van der Waals surface area contributed by atoms with Crippen molar-refractivity contribution >= 4 is 40.5 Å². The third-order valence-corrected chi connectivity index (χ3v) is 5.58. The second-order valence-corrected chi connectivity index (χ2v) is 7.25. The van der Waals surface area contributed by atoms with Crippen LogP contribution in [0.5, 0.6) is 0 Å². The number of carbonyl (C=O) groups excluding carboxylic acids is 2. The van der Waals surface area contributed by atoms with Crippen LogP contribution in [0.2, 0.25) is 0 Å². The molecule has 0 aliphatic carbocycles. The van der Waals surface area contributed by atoms with E-state index in [4.69, 9.17) is 0 Å². The number of amides is 2. The van der Waals surface area contributed by atoms with Gasteiger partial charge in [-0.05, 0) is 54.6 Å². The SMILES string of the molecule is Cc1ccccc1N1C(=O)/C(=C/c2sccc2C)c2ccccc2C1=O. The topological polar surface area (TPSA) is 37.4 Å². The predicted octanol–water partition coefficient (Wildman–Crippen LogP) is 5.09. The molecule has 0 fully saturated rings. The molecule has 1 aliphatic heterocycles. The molecule has 3 nitrogen and oxygen atoms in total. The molecule has 128 valence electrons. The zero-order chi connectivity index (χ0) is 18.3. The maximum Gasteiger partial charge on any atom is 0.266 e. The van der Waals surface area contributed by atoms with Gasteiger partial charge in [-0.3, -0.25) is 9.59 Å². The number of hydrogen-bond acceptors (Lipinski definition) is 3. The first-order valence-corrected chi connectivity index (χ1v) is 9.25. The second kappa shape index (κ2) is 6.39. The number of hydrogen-bond donors (Lipinski definition) is 0. The minimum absolute atomic E-state index is 0.278. The molecule has 0 radical (unpaired) electrons. The molecule has 3 aromatic rings. The summed E-state index contributed by atoms with van der Waals surface area (Å²) >= 11 is 1.59. The van der Waals surface area contributed by atoms with Crippen LogP contribution in [0, 0.1) is 13.8 Å². The van der Waals surface area contributed by atoms with E-state index in [1.165, 1.54) is 4.90 Å². The smallest absolute Gasteiger partial charge is 0.266 e. The van der Waals surface area contributed by atoms with Crippen LogP contribution in [0.4, 0.5) is 5.69 Å². The number of fused-ring (bicyclic) bond motifs is 1. The van der Waals surface area contributed by atoms with Crippen LogP contribution in [0.1, 0.15) is 31.9 Å². The van der Waals surface area contributed by atoms with Crippen molar-refractivity contribution < 1.29 is 9.59 Å². The Labute approximate surface area is 156 Å². The molecule has 4 heteroatoms. The van der Waals surface area contributed by atoms with Crippen LogP contribution in [0.25, 0.3) is 11.6 Å². The molecule has 0 atom stereocenters. The van der Waals surface area contributed by atoms with Crippen LogP contribution < -0.4 is 4.90 Å². The summed E-state index contributed by atoms with van der Waals surface area (Å²) in [5.41, 5.74) is 4.43. The fourth-order valence-corrected chi connectivity index (χ4v) is 4.05. The fraction of sp³-hybridized carbons (Fsp3) is 0.0909. The highest BCUT2D eigenvalue weighted by atomic mass is 32.1. The first-order chi connectivity index (χ1) is 12.6. The molecular weight excluding hydrogens is 342 g/mol. The molecule has 0 saturated carbocycles. The summed E-state index contributed by atoms with van der Waals surface area (Å²) in [7, 11) is 0. The maximum absolute atomic E-state index is 13.3. The van der Waals surface area contributed by atoms with Gasteiger partial charge in [0.15, 0.2) is 0 Å². The maximum atomic E-state index is 13.3. The van der Waals surface area contributed by atoms with E-state index in [1.807, 2.05) is 73.8 Å². The standard InChI is InChI=1S/C22H17NO2S/c1-14-7-3-6-10-19(14)23-21(24)17-9-5-4-8-16(17)18(22(23)25)13-20-15(2)11-12-26-20/h3-13H,1-2H3/b18-13+. The van der Waals surface area contributed by atoms with Crippen LogP contribution in [0.15, 0.2) is 60.0 Å². The van der Waals surface area contributed by atoms with Crippen molar-refractivity contribution in [3.05, 3.63) is 87.1 Å². The molecular formula is C22H17NO2S. The third-order valence-electron chi connectivity index (χ3n) is 4.62. The lowest BCUT2D eigenvalue weighted by Crippen LogP contribution is -2.42. The summed E-state index contributed by atoms with van der Waals surface area (Å²) in [4.78, 5) is 28.7. The van der Waals surface area contributed by atoms with E-state index < -0.39 is 0 Å². The summed E-state index contributed by atoms with van der Waals surface area (Å²) in [5, 5.41) is 2.01. The van der Waals surface area contributed by atoms with E-state index >= 15 is 0 Å². The molecule has 2 amide bonds. The molecule has 0 spiro atoms. The van der Waals surface area contributed by atoms with E-state index in [0.29, 0.717) is 22.4 Å². The van der Waals surface area contributed by atoms with E-state index in [0.717, 1.165) is 16.0 Å². The number of rotatable bonds is 2. The monoisotopic (exact) mass is 359 g/mol. The second-order valence-electron chi connectivity index (χ2n) is 6.30. The Morgan fingerprint density at radius 1 is 0.808 bits per heavy atom. The van der Waals surface area contributed by atoms with Gasteiger partial charge in [-0.25, -0.2) is 4.90 Å². The van der Waals surface area contributed by atoms with Crippen LogP contribution >= 0.6 is 11.3 Å². The lowest BCUT2D eigenvalue weighted by molar-refractivity contribution is -0.112. The first kappa shape index (κ1) is 16.5. The number of anilines is 1. The van der Waals surface area contributed by atoms with Crippen molar-refractivity contribution in [3.63, 3.8) is 0 Å². The van der Waals surface area contributed by atoms with Crippen molar-refractivity contribution in [2.24, 2.45) is 0 Å². The van der Waals surface area contributed by atoms with Crippen molar-refractivity contribution in [1.82, 2.24) is 0 Å². The summed E-state index contributed by atoms with van der Waals surface area (Å²) in [5.74, 6) is -0.559. The Morgan fingerprint density at radius 3 is 2.19 bits per heavy atom. The Bertz CT molecular complexity index is 1060. The third kappa shape index (κ3) is 2.59. The molecule has 1 aromatic heterocycles. The van der Waals surface area contributed by atoms with Crippen LogP contribution in [-0.2, 0) is 4.79 Å². The van der Waals surface area contributed by atoms with E-state index in [1.54, 1.807) is 17.4 Å². The van der Waals surface area contributed by atoms with Crippen molar-refractivity contribution in [2.45, 2.75) is 13.8 Å². The largest absolute Gasteiger partial charge is 0.268 e. The first-order valence-electron chi connectivity index (χ1n) is 8.37. The van der Waals surface area contributed by atoms with Crippen molar-refractivity contribution in [1.29, 1.82) is 0 Å². The molecule has 26 heavy (non-hydrogen) atoms. The average molecular weight is 359 g/mol. The average Bonchev–Trinajstić information content (AvgIpc) is 3.05. The lowest BCUT2D eigenvalue weighted by Gasteiger charge is -2.29. The van der Waals surface area contributed by atoms with Gasteiger partial charge in [0.2, 0.25) is 0 Å². The van der Waals surface area contributed by atoms with Crippen LogP contribution in [0.3, 0.4) is 0 Å². The fourth-order valence-electron chi connectivity index (χ4n) is 3.19. The van der Waals surface area contributed by atoms with E-state index in [9.17, 15) is 9.59 Å². The molecule has 0 unspecified atom stereocenters. The molecule has 1 aliphatic rings. The Kier molecular flexibility index (Phi) is 4.05. The van der Waals surface area contributed by atoms with Gasteiger partial charge in [0.1, 0.15) is 0 Å². The van der Waals surface area contributed by atoms with Gasteiger partial charge in [0.05, 0.1) is 5.69 Å². The van der Waals surface area contributed by atoms with Gasteiger partial charge in [0.25, 0.3) is 11.8 Å². The minimum atomic E-state index is -0.282. The molecule has 2 heterocycles. The zero-order valence-electron chi connectivity index (χ0n) is 14.5. The predicted molar refractivity (Wildman–Crippen MR) is 106 cm³/mol. The summed E-state index contributed by atoms with van der Waals surface area (Å²) in [6, 6.07) is 16.8. The van der Waals surface area contributed by atoms with Gasteiger partial charge < -0.3 is 0 Å². The molecule has 2 aromatic carbocycles. The summed E-state index contributed by atoms with van der Waals surface area (Å²) in [6.45, 7) is 3.93. The van der Waals surface area contributed by atoms with Gasteiger partial charge in [-0.15, -0.1) is 11.3 Å². The minimum Gasteiger partial charge on any atom is -0.268 e. The highest BCUT2D eigenvalue weighted by molar-refractivity contribution is 7.11. The normalized spacial score (nSPS) is 15.5. The zero-order valence-corrected chi connectivity index (χ0v) is 15.3. The number of nitrogens with zero attached hydrogens (tertiary/aromatic N) is 1. The van der Waals surface area contributed by atoms with Crippen LogP contribution in [-0.4, -0.2) is 11.8 Å². The van der Waals surface area contributed by atoms with E-state index in [2.05, 4.69) is 0 Å². The van der Waals surface area contributed by atoms with Gasteiger partial charge in [-0.1, -0.05) is 36.4 Å². The van der Waals surface area contributed by atoms with Crippen molar-refractivity contribution in [2.75, 3.05) is 4.90 Å².